The second-order valence-corrected chi connectivity index (χ2v) is 8.57. The van der Waals surface area contributed by atoms with Crippen molar-refractivity contribution in [3.8, 4) is 0 Å². The zero-order valence-electron chi connectivity index (χ0n) is 12.3. The predicted octanol–water partition coefficient (Wildman–Crippen LogP) is 1.72. The van der Waals surface area contributed by atoms with Crippen molar-refractivity contribution in [3.63, 3.8) is 0 Å². The van der Waals surface area contributed by atoms with Crippen LogP contribution in [0.2, 0.25) is 0 Å². The summed E-state index contributed by atoms with van der Waals surface area (Å²) in [4.78, 5) is 10.9. The molecule has 1 saturated carbocycles. The molecule has 2 heterocycles. The smallest absolute Gasteiger partial charge is 0.303 e. The number of rotatable bonds is 5. The minimum Gasteiger partial charge on any atom is -0.481 e. The minimum atomic E-state index is -0.942. The van der Waals surface area contributed by atoms with Gasteiger partial charge in [0.15, 0.2) is 0 Å². The first kappa shape index (κ1) is 15.4. The van der Waals surface area contributed by atoms with E-state index in [0.29, 0.717) is 12.4 Å². The van der Waals surface area contributed by atoms with E-state index >= 15 is 0 Å². The van der Waals surface area contributed by atoms with E-state index in [1.54, 1.807) is 0 Å². The van der Waals surface area contributed by atoms with Crippen LogP contribution in [0.15, 0.2) is 0 Å². The number of carbonyl (C=O) groups is 1. The number of hydrogen-bond donors (Lipinski definition) is 1. The highest BCUT2D eigenvalue weighted by Gasteiger charge is 2.48. The first-order valence-electron chi connectivity index (χ1n) is 7.83. The first-order valence-corrected chi connectivity index (χ1v) is 9.22. The van der Waals surface area contributed by atoms with Crippen LogP contribution in [-0.2, 0) is 25.1 Å². The molecule has 21 heavy (non-hydrogen) atoms. The number of hydrogen-bond acceptors (Lipinski definition) is 4. The van der Waals surface area contributed by atoms with Crippen molar-refractivity contribution in [1.82, 2.24) is 0 Å². The lowest BCUT2D eigenvalue weighted by Gasteiger charge is -2.43. The van der Waals surface area contributed by atoms with Crippen molar-refractivity contribution in [2.24, 2.45) is 5.41 Å². The summed E-state index contributed by atoms with van der Waals surface area (Å²) in [5.74, 6) is -0.214. The van der Waals surface area contributed by atoms with E-state index in [-0.39, 0.29) is 22.7 Å². The Hall–Kier alpha value is -0.460. The van der Waals surface area contributed by atoms with E-state index in [1.165, 1.54) is 0 Å². The maximum absolute atomic E-state index is 12.7. The number of carboxylic acids is 1. The van der Waals surface area contributed by atoms with Crippen LogP contribution in [-0.4, -0.2) is 51.7 Å². The summed E-state index contributed by atoms with van der Waals surface area (Å²) in [6.07, 6.45) is 5.44. The normalized spacial score (nSPS) is 31.7. The van der Waals surface area contributed by atoms with Gasteiger partial charge in [0.25, 0.3) is 0 Å². The van der Waals surface area contributed by atoms with Crippen molar-refractivity contribution in [2.75, 3.05) is 25.6 Å². The molecular weight excluding hydrogens is 292 g/mol. The Balaban J connectivity index is 1.58. The van der Waals surface area contributed by atoms with Crippen LogP contribution in [0, 0.1) is 5.41 Å². The van der Waals surface area contributed by atoms with Crippen LogP contribution in [0.4, 0.5) is 0 Å². The monoisotopic (exact) mass is 316 g/mol. The molecule has 1 N–H and O–H groups in total. The van der Waals surface area contributed by atoms with E-state index in [4.69, 9.17) is 14.6 Å². The summed E-state index contributed by atoms with van der Waals surface area (Å²) < 4.78 is 24.1. The quantitative estimate of drug-likeness (QED) is 0.836. The Morgan fingerprint density at radius 2 is 1.90 bits per heavy atom. The van der Waals surface area contributed by atoms with Gasteiger partial charge in [0.1, 0.15) is 0 Å². The average molecular weight is 316 g/mol. The first-order chi connectivity index (χ1) is 10.0. The third kappa shape index (κ3) is 3.66. The van der Waals surface area contributed by atoms with E-state index in [1.807, 2.05) is 0 Å². The molecule has 2 atom stereocenters. The van der Waals surface area contributed by atoms with Gasteiger partial charge >= 0.3 is 5.97 Å². The van der Waals surface area contributed by atoms with E-state index in [2.05, 4.69) is 0 Å². The molecule has 0 bridgehead atoms. The molecule has 2 aliphatic heterocycles. The Morgan fingerprint density at radius 3 is 2.52 bits per heavy atom. The van der Waals surface area contributed by atoms with Gasteiger partial charge in [-0.15, -0.1) is 0 Å². The zero-order chi connectivity index (χ0) is 14.9. The van der Waals surface area contributed by atoms with Crippen LogP contribution in [0.5, 0.6) is 0 Å². The molecule has 0 aromatic carbocycles. The van der Waals surface area contributed by atoms with Gasteiger partial charge < -0.3 is 14.6 Å². The Morgan fingerprint density at radius 1 is 1.19 bits per heavy atom. The highest BCUT2D eigenvalue weighted by Crippen LogP contribution is 2.50. The zero-order valence-corrected chi connectivity index (χ0v) is 13.2. The fourth-order valence-corrected chi connectivity index (χ4v) is 5.67. The summed E-state index contributed by atoms with van der Waals surface area (Å²) in [5.41, 5.74) is -0.321. The van der Waals surface area contributed by atoms with Crippen molar-refractivity contribution < 1.29 is 23.6 Å². The second kappa shape index (κ2) is 5.97. The van der Waals surface area contributed by atoms with Gasteiger partial charge in [-0.25, -0.2) is 0 Å². The molecule has 3 aliphatic rings. The lowest BCUT2D eigenvalue weighted by atomic mass is 9.86. The molecule has 3 fully saturated rings. The van der Waals surface area contributed by atoms with Crippen LogP contribution in [0.1, 0.15) is 44.9 Å². The van der Waals surface area contributed by atoms with Gasteiger partial charge in [0, 0.05) is 41.6 Å². The lowest BCUT2D eigenvalue weighted by molar-refractivity contribution is -0.138. The van der Waals surface area contributed by atoms with Crippen LogP contribution >= 0.6 is 0 Å². The molecule has 0 aromatic heterocycles. The van der Waals surface area contributed by atoms with Crippen molar-refractivity contribution >= 4 is 16.8 Å². The molecule has 1 spiro atoms. The molecule has 6 heteroatoms. The van der Waals surface area contributed by atoms with Crippen molar-refractivity contribution in [3.05, 3.63) is 0 Å². The topological polar surface area (TPSA) is 72.8 Å². The van der Waals surface area contributed by atoms with Gasteiger partial charge in [-0.2, -0.15) is 0 Å². The summed E-state index contributed by atoms with van der Waals surface area (Å²) in [7, 11) is -0.942. The third-order valence-corrected chi connectivity index (χ3v) is 7.20. The van der Waals surface area contributed by atoms with Gasteiger partial charge in [-0.05, 0) is 43.9 Å². The molecule has 2 saturated heterocycles. The summed E-state index contributed by atoms with van der Waals surface area (Å²) >= 11 is 0. The van der Waals surface area contributed by atoms with Crippen LogP contribution in [0.25, 0.3) is 0 Å². The highest BCUT2D eigenvalue weighted by molar-refractivity contribution is 7.85. The second-order valence-electron chi connectivity index (χ2n) is 6.85. The van der Waals surface area contributed by atoms with Crippen molar-refractivity contribution in [2.45, 2.75) is 55.8 Å². The average Bonchev–Trinajstić information content (AvgIpc) is 3.18. The summed E-state index contributed by atoms with van der Waals surface area (Å²) in [6.45, 7) is 2.12. The molecule has 0 amide bonds. The van der Waals surface area contributed by atoms with E-state index in [0.717, 1.165) is 51.7 Å². The van der Waals surface area contributed by atoms with Gasteiger partial charge in [0.05, 0.1) is 12.0 Å². The molecule has 0 aromatic rings. The fourth-order valence-electron chi connectivity index (χ4n) is 3.59. The fraction of sp³-hybridized carbons (Fsp3) is 0.933. The molecule has 5 nitrogen and oxygen atoms in total. The minimum absolute atomic E-state index is 0.139. The highest BCUT2D eigenvalue weighted by atomic mass is 32.2. The largest absolute Gasteiger partial charge is 0.481 e. The third-order valence-electron chi connectivity index (χ3n) is 5.16. The number of ether oxygens (including phenoxy) is 2. The van der Waals surface area contributed by atoms with E-state index < -0.39 is 16.8 Å². The molecule has 2 unspecified atom stereocenters. The summed E-state index contributed by atoms with van der Waals surface area (Å²) in [5, 5.41) is 9.13. The van der Waals surface area contributed by atoms with Crippen molar-refractivity contribution in [1.29, 1.82) is 0 Å². The molecule has 3 rings (SSSR count). The molecule has 0 radical (unpaired) electrons. The maximum Gasteiger partial charge on any atom is 0.303 e. The summed E-state index contributed by atoms with van der Waals surface area (Å²) in [6, 6.07) is 0. The maximum atomic E-state index is 12.7. The molecule has 120 valence electrons. The Labute approximate surface area is 127 Å². The lowest BCUT2D eigenvalue weighted by Crippen LogP contribution is -2.47. The van der Waals surface area contributed by atoms with E-state index in [9.17, 15) is 9.00 Å². The van der Waals surface area contributed by atoms with Crippen LogP contribution < -0.4 is 0 Å². The van der Waals surface area contributed by atoms with Gasteiger partial charge in [0.2, 0.25) is 0 Å². The Bertz CT molecular complexity index is 420. The standard InChI is InChI=1S/C15H24O5S/c16-13(17)10-14(2-3-14)11-21(18)12-1-6-20-15(9-12)4-7-19-8-5-15/h12H,1-11H2,(H,16,17). The molecular formula is C15H24O5S. The predicted molar refractivity (Wildman–Crippen MR) is 78.7 cm³/mol. The number of carboxylic acid groups (broad SMARTS) is 1. The number of aliphatic carboxylic acids is 1. The Kier molecular flexibility index (Phi) is 4.39. The molecule has 1 aliphatic carbocycles. The SMILES string of the molecule is O=C(O)CC1(CS(=O)C2CCOC3(CCOCC3)C2)CC1. The van der Waals surface area contributed by atoms with Gasteiger partial charge in [-0.1, -0.05) is 0 Å². The van der Waals surface area contributed by atoms with Gasteiger partial charge in [-0.3, -0.25) is 9.00 Å². The van der Waals surface area contributed by atoms with Crippen LogP contribution in [0.3, 0.4) is 0 Å².